The molecule has 112 valence electrons. The average molecular weight is 306 g/mol. The summed E-state index contributed by atoms with van der Waals surface area (Å²) in [6, 6.07) is 0. The lowest BCUT2D eigenvalue weighted by molar-refractivity contribution is 0.0518. The van der Waals surface area contributed by atoms with Gasteiger partial charge in [-0.3, -0.25) is 0 Å². The predicted octanol–water partition coefficient (Wildman–Crippen LogP) is 2.85. The van der Waals surface area contributed by atoms with E-state index in [9.17, 15) is 4.79 Å². The van der Waals surface area contributed by atoms with E-state index in [1.165, 1.54) is 6.20 Å². The fourth-order valence-corrected chi connectivity index (χ4v) is 2.30. The molecule has 2 heterocycles. The molecule has 0 spiro atoms. The molecule has 21 heavy (non-hydrogen) atoms. The molecule has 0 bridgehead atoms. The van der Waals surface area contributed by atoms with Crippen molar-refractivity contribution in [3.63, 3.8) is 0 Å². The first-order valence-corrected chi connectivity index (χ1v) is 7.66. The van der Waals surface area contributed by atoms with Crippen molar-refractivity contribution in [1.82, 2.24) is 15.0 Å². The third-order valence-corrected chi connectivity index (χ3v) is 3.50. The minimum absolute atomic E-state index is 0.144. The van der Waals surface area contributed by atoms with E-state index in [2.05, 4.69) is 20.3 Å². The Hall–Kier alpha value is -2.02. The van der Waals surface area contributed by atoms with E-state index < -0.39 is 5.97 Å². The smallest absolute Gasteiger partial charge is 0.358 e. The second-order valence-corrected chi connectivity index (χ2v) is 5.62. The van der Waals surface area contributed by atoms with Gasteiger partial charge in [0.25, 0.3) is 0 Å². The first-order valence-electron chi connectivity index (χ1n) is 6.78. The van der Waals surface area contributed by atoms with Crippen molar-refractivity contribution in [2.75, 3.05) is 11.9 Å². The van der Waals surface area contributed by atoms with Crippen LogP contribution in [0.4, 0.5) is 5.82 Å². The number of anilines is 1. The molecule has 0 aliphatic carbocycles. The van der Waals surface area contributed by atoms with Crippen molar-refractivity contribution in [3.05, 3.63) is 34.2 Å². The van der Waals surface area contributed by atoms with Crippen LogP contribution in [0.3, 0.4) is 0 Å². The summed E-state index contributed by atoms with van der Waals surface area (Å²) in [6.07, 6.45) is 3.20. The van der Waals surface area contributed by atoms with Crippen molar-refractivity contribution in [2.24, 2.45) is 0 Å². The zero-order valence-corrected chi connectivity index (χ0v) is 13.1. The van der Waals surface area contributed by atoms with Crippen molar-refractivity contribution >= 4 is 23.1 Å². The molecule has 2 aromatic heterocycles. The molecule has 6 nitrogen and oxygen atoms in total. The molecule has 0 aliphatic heterocycles. The number of esters is 1. The second-order valence-electron chi connectivity index (χ2n) is 4.64. The van der Waals surface area contributed by atoms with Gasteiger partial charge in [-0.05, 0) is 12.8 Å². The van der Waals surface area contributed by atoms with Crippen molar-refractivity contribution in [3.8, 4) is 0 Å². The Bertz CT molecular complexity index is 599. The number of rotatable bonds is 6. The van der Waals surface area contributed by atoms with Crippen LogP contribution in [0.25, 0.3) is 0 Å². The van der Waals surface area contributed by atoms with Gasteiger partial charge in [0.1, 0.15) is 10.8 Å². The Kier molecular flexibility index (Phi) is 5.21. The quantitative estimate of drug-likeness (QED) is 0.827. The Labute approximate surface area is 127 Å². The highest BCUT2D eigenvalue weighted by Crippen LogP contribution is 2.21. The Morgan fingerprint density at radius 3 is 2.86 bits per heavy atom. The molecule has 0 aliphatic rings. The number of ether oxygens (including phenoxy) is 1. The SMILES string of the molecule is CCOC(=O)c1cnc(NCc2nccs2)c(C(C)C)n1. The Morgan fingerprint density at radius 1 is 1.43 bits per heavy atom. The van der Waals surface area contributed by atoms with Gasteiger partial charge in [0, 0.05) is 11.6 Å². The maximum atomic E-state index is 11.7. The van der Waals surface area contributed by atoms with Crippen LogP contribution in [0.2, 0.25) is 0 Å². The molecule has 7 heteroatoms. The van der Waals surface area contributed by atoms with Gasteiger partial charge in [-0.2, -0.15) is 0 Å². The van der Waals surface area contributed by atoms with Gasteiger partial charge in [-0.15, -0.1) is 11.3 Å². The molecule has 1 N–H and O–H groups in total. The van der Waals surface area contributed by atoms with Crippen LogP contribution in [0, 0.1) is 0 Å². The van der Waals surface area contributed by atoms with E-state index in [1.807, 2.05) is 19.2 Å². The number of nitrogens with zero attached hydrogens (tertiary/aromatic N) is 3. The van der Waals surface area contributed by atoms with E-state index >= 15 is 0 Å². The number of nitrogens with one attached hydrogen (secondary N) is 1. The summed E-state index contributed by atoms with van der Waals surface area (Å²) in [4.78, 5) is 24.6. The fourth-order valence-electron chi connectivity index (χ4n) is 1.75. The molecule has 0 saturated carbocycles. The van der Waals surface area contributed by atoms with Crippen LogP contribution in [0.1, 0.15) is 47.9 Å². The average Bonchev–Trinajstić information content (AvgIpc) is 2.98. The molecule has 0 radical (unpaired) electrons. The number of carbonyl (C=O) groups is 1. The molecular formula is C14H18N4O2S. The number of hydrogen-bond acceptors (Lipinski definition) is 7. The van der Waals surface area contributed by atoms with Gasteiger partial charge in [-0.25, -0.2) is 19.7 Å². The summed E-state index contributed by atoms with van der Waals surface area (Å²) in [5.41, 5.74) is 0.984. The molecule has 0 saturated heterocycles. The van der Waals surface area contributed by atoms with Gasteiger partial charge < -0.3 is 10.1 Å². The standard InChI is InChI=1S/C14H18N4O2S/c1-4-20-14(19)10-7-16-13(12(18-10)9(2)3)17-8-11-15-5-6-21-11/h5-7,9H,4,8H2,1-3H3,(H,16,17). The highest BCUT2D eigenvalue weighted by Gasteiger charge is 2.16. The van der Waals surface area contributed by atoms with Gasteiger partial charge >= 0.3 is 5.97 Å². The molecule has 0 atom stereocenters. The molecule has 0 aromatic carbocycles. The summed E-state index contributed by atoms with van der Waals surface area (Å²) in [6.45, 7) is 6.69. The topological polar surface area (TPSA) is 77.0 Å². The third-order valence-electron chi connectivity index (χ3n) is 2.72. The molecule has 0 unspecified atom stereocenters. The van der Waals surface area contributed by atoms with E-state index in [0.717, 1.165) is 10.7 Å². The van der Waals surface area contributed by atoms with E-state index in [0.29, 0.717) is 19.0 Å². The second kappa shape index (κ2) is 7.12. The zero-order valence-electron chi connectivity index (χ0n) is 12.3. The highest BCUT2D eigenvalue weighted by molar-refractivity contribution is 7.09. The first-order chi connectivity index (χ1) is 10.1. The number of aromatic nitrogens is 3. The molecule has 2 rings (SSSR count). The minimum atomic E-state index is -0.446. The molecule has 0 amide bonds. The largest absolute Gasteiger partial charge is 0.461 e. The van der Waals surface area contributed by atoms with Crippen LogP contribution >= 0.6 is 11.3 Å². The summed E-state index contributed by atoms with van der Waals surface area (Å²) in [5, 5.41) is 6.12. The maximum absolute atomic E-state index is 11.7. The fraction of sp³-hybridized carbons (Fsp3) is 0.429. The number of carbonyl (C=O) groups excluding carboxylic acids is 1. The van der Waals surface area contributed by atoms with Gasteiger partial charge in [0.2, 0.25) is 0 Å². The highest BCUT2D eigenvalue weighted by atomic mass is 32.1. The van der Waals surface area contributed by atoms with Gasteiger partial charge in [0.15, 0.2) is 5.69 Å². The van der Waals surface area contributed by atoms with Crippen LogP contribution in [-0.2, 0) is 11.3 Å². The van der Waals surface area contributed by atoms with E-state index in [-0.39, 0.29) is 11.6 Å². The van der Waals surface area contributed by atoms with Crippen LogP contribution < -0.4 is 5.32 Å². The molecular weight excluding hydrogens is 288 g/mol. The van der Waals surface area contributed by atoms with Crippen LogP contribution in [0.15, 0.2) is 17.8 Å². The van der Waals surface area contributed by atoms with Crippen LogP contribution in [0.5, 0.6) is 0 Å². The maximum Gasteiger partial charge on any atom is 0.358 e. The van der Waals surface area contributed by atoms with Crippen LogP contribution in [-0.4, -0.2) is 27.5 Å². The lowest BCUT2D eigenvalue weighted by Gasteiger charge is -2.13. The normalized spacial score (nSPS) is 10.7. The number of thiazole rings is 1. The minimum Gasteiger partial charge on any atom is -0.461 e. The lowest BCUT2D eigenvalue weighted by Crippen LogP contribution is -2.13. The molecule has 2 aromatic rings. The Balaban J connectivity index is 2.18. The van der Waals surface area contributed by atoms with E-state index in [1.54, 1.807) is 24.5 Å². The zero-order chi connectivity index (χ0) is 15.2. The van der Waals surface area contributed by atoms with Gasteiger partial charge in [0.05, 0.1) is 25.0 Å². The summed E-state index contributed by atoms with van der Waals surface area (Å²) in [5.74, 6) is 0.372. The summed E-state index contributed by atoms with van der Waals surface area (Å²) < 4.78 is 4.95. The monoisotopic (exact) mass is 306 g/mol. The van der Waals surface area contributed by atoms with Gasteiger partial charge in [-0.1, -0.05) is 13.8 Å². The van der Waals surface area contributed by atoms with Crippen molar-refractivity contribution in [2.45, 2.75) is 33.2 Å². The predicted molar refractivity (Wildman–Crippen MR) is 81.5 cm³/mol. The summed E-state index contributed by atoms with van der Waals surface area (Å²) >= 11 is 1.58. The van der Waals surface area contributed by atoms with Crippen molar-refractivity contribution in [1.29, 1.82) is 0 Å². The lowest BCUT2D eigenvalue weighted by atomic mass is 10.1. The first kappa shape index (κ1) is 15.4. The number of hydrogen-bond donors (Lipinski definition) is 1. The molecule has 0 fully saturated rings. The Morgan fingerprint density at radius 2 is 2.24 bits per heavy atom. The summed E-state index contributed by atoms with van der Waals surface area (Å²) in [7, 11) is 0. The van der Waals surface area contributed by atoms with E-state index in [4.69, 9.17) is 4.74 Å². The third kappa shape index (κ3) is 3.98. The van der Waals surface area contributed by atoms with Crippen molar-refractivity contribution < 1.29 is 9.53 Å².